The Hall–Kier alpha value is -1.20. The highest BCUT2D eigenvalue weighted by molar-refractivity contribution is 7.98. The molecule has 1 aromatic carbocycles. The van der Waals surface area contributed by atoms with Gasteiger partial charge in [-0.3, -0.25) is 10.6 Å². The van der Waals surface area contributed by atoms with Crippen molar-refractivity contribution in [1.82, 2.24) is 5.32 Å². The summed E-state index contributed by atoms with van der Waals surface area (Å²) in [5, 5.41) is 2.82. The number of carbonyl (C=O) groups excluding carboxylic acids is 1. The summed E-state index contributed by atoms with van der Waals surface area (Å²) in [5.74, 6) is 6.10. The lowest BCUT2D eigenvalue weighted by Gasteiger charge is -2.05. The summed E-state index contributed by atoms with van der Waals surface area (Å²) in [6, 6.07) is 7.07. The fraction of sp³-hybridized carbons (Fsp3) is 0.300. The molecule has 0 atom stereocenters. The van der Waals surface area contributed by atoms with Crippen LogP contribution in [0.2, 0.25) is 0 Å². The lowest BCUT2D eigenvalue weighted by molar-refractivity contribution is 0.0956. The number of anilines is 1. The highest BCUT2D eigenvalue weighted by Gasteiger charge is 2.04. The lowest BCUT2D eigenvalue weighted by Crippen LogP contribution is -2.25. The summed E-state index contributed by atoms with van der Waals surface area (Å²) in [5.41, 5.74) is 3.85. The Balaban J connectivity index is 2.57. The zero-order valence-electron chi connectivity index (χ0n) is 8.62. The molecule has 0 aliphatic carbocycles. The average Bonchev–Trinajstić information content (AvgIpc) is 2.29. The SMILES string of the molecule is CSCCNC(=O)c1cccc(NN)c1. The van der Waals surface area contributed by atoms with Crippen molar-refractivity contribution in [2.24, 2.45) is 5.84 Å². The molecule has 0 aliphatic rings. The predicted molar refractivity (Wildman–Crippen MR) is 65.0 cm³/mol. The number of hydrazine groups is 1. The lowest BCUT2D eigenvalue weighted by atomic mass is 10.2. The minimum atomic E-state index is -0.0684. The summed E-state index contributed by atoms with van der Waals surface area (Å²) in [7, 11) is 0. The minimum Gasteiger partial charge on any atom is -0.351 e. The third-order valence-corrected chi connectivity index (χ3v) is 2.50. The van der Waals surface area contributed by atoms with Gasteiger partial charge in [-0.05, 0) is 24.5 Å². The summed E-state index contributed by atoms with van der Waals surface area (Å²) >= 11 is 1.70. The Bertz CT molecular complexity index is 330. The molecule has 0 radical (unpaired) electrons. The molecule has 1 aromatic rings. The molecular weight excluding hydrogens is 210 g/mol. The summed E-state index contributed by atoms with van der Waals surface area (Å²) in [4.78, 5) is 11.6. The molecule has 1 rings (SSSR count). The number of hydrogen-bond donors (Lipinski definition) is 3. The van der Waals surface area contributed by atoms with Crippen molar-refractivity contribution in [1.29, 1.82) is 0 Å². The van der Waals surface area contributed by atoms with Crippen molar-refractivity contribution in [3.8, 4) is 0 Å². The maximum atomic E-state index is 11.6. The largest absolute Gasteiger partial charge is 0.351 e. The number of amides is 1. The van der Waals surface area contributed by atoms with E-state index in [9.17, 15) is 4.79 Å². The van der Waals surface area contributed by atoms with Crippen molar-refractivity contribution >= 4 is 23.4 Å². The smallest absolute Gasteiger partial charge is 0.251 e. The van der Waals surface area contributed by atoms with Crippen molar-refractivity contribution < 1.29 is 4.79 Å². The summed E-state index contributed by atoms with van der Waals surface area (Å²) in [6.45, 7) is 0.681. The van der Waals surface area contributed by atoms with Gasteiger partial charge >= 0.3 is 0 Å². The number of benzene rings is 1. The fourth-order valence-electron chi connectivity index (χ4n) is 1.12. The monoisotopic (exact) mass is 225 g/mol. The summed E-state index contributed by atoms with van der Waals surface area (Å²) in [6.07, 6.45) is 2.01. The number of nitrogen functional groups attached to an aromatic ring is 1. The van der Waals surface area contributed by atoms with Crippen molar-refractivity contribution in [3.63, 3.8) is 0 Å². The molecule has 82 valence electrons. The molecule has 0 aromatic heterocycles. The van der Waals surface area contributed by atoms with Gasteiger partial charge in [-0.15, -0.1) is 0 Å². The van der Waals surface area contributed by atoms with Gasteiger partial charge in [0.2, 0.25) is 0 Å². The molecule has 0 spiro atoms. The molecule has 1 amide bonds. The molecule has 0 fully saturated rings. The zero-order valence-corrected chi connectivity index (χ0v) is 9.43. The van der Waals surface area contributed by atoms with Gasteiger partial charge in [-0.1, -0.05) is 6.07 Å². The molecule has 4 N–H and O–H groups in total. The second-order valence-corrected chi connectivity index (χ2v) is 3.96. The first-order valence-corrected chi connectivity index (χ1v) is 6.01. The van der Waals surface area contributed by atoms with E-state index in [2.05, 4.69) is 10.7 Å². The van der Waals surface area contributed by atoms with Crippen LogP contribution in [-0.4, -0.2) is 24.5 Å². The molecular formula is C10H15N3OS. The van der Waals surface area contributed by atoms with Crippen LogP contribution < -0.4 is 16.6 Å². The van der Waals surface area contributed by atoms with Crippen LogP contribution in [0.25, 0.3) is 0 Å². The maximum absolute atomic E-state index is 11.6. The van der Waals surface area contributed by atoms with E-state index in [1.165, 1.54) is 0 Å². The minimum absolute atomic E-state index is 0.0684. The number of nitrogens with two attached hydrogens (primary N) is 1. The van der Waals surface area contributed by atoms with Gasteiger partial charge in [0.25, 0.3) is 5.91 Å². The van der Waals surface area contributed by atoms with E-state index >= 15 is 0 Å². The average molecular weight is 225 g/mol. The fourth-order valence-corrected chi connectivity index (χ4v) is 1.43. The Labute approximate surface area is 93.6 Å². The van der Waals surface area contributed by atoms with E-state index in [0.717, 1.165) is 11.4 Å². The molecule has 5 heteroatoms. The van der Waals surface area contributed by atoms with Gasteiger partial charge in [-0.2, -0.15) is 11.8 Å². The third-order valence-electron chi connectivity index (χ3n) is 1.88. The molecule has 0 saturated carbocycles. The van der Waals surface area contributed by atoms with Crippen LogP contribution in [0.3, 0.4) is 0 Å². The normalized spacial score (nSPS) is 9.73. The van der Waals surface area contributed by atoms with E-state index in [1.54, 1.807) is 36.0 Å². The van der Waals surface area contributed by atoms with Crippen LogP contribution in [0.15, 0.2) is 24.3 Å². The van der Waals surface area contributed by atoms with Crippen LogP contribution in [0, 0.1) is 0 Å². The highest BCUT2D eigenvalue weighted by atomic mass is 32.2. The molecule has 0 heterocycles. The van der Waals surface area contributed by atoms with Gasteiger partial charge in [0, 0.05) is 23.5 Å². The first-order valence-electron chi connectivity index (χ1n) is 4.61. The quantitative estimate of drug-likeness (QED) is 0.398. The van der Waals surface area contributed by atoms with Gasteiger partial charge in [0.15, 0.2) is 0 Å². The standard InChI is InChI=1S/C10H15N3OS/c1-15-6-5-12-10(14)8-3-2-4-9(7-8)13-11/h2-4,7,13H,5-6,11H2,1H3,(H,12,14). The number of nitrogens with one attached hydrogen (secondary N) is 2. The second-order valence-electron chi connectivity index (χ2n) is 2.97. The third kappa shape index (κ3) is 3.81. The van der Waals surface area contributed by atoms with Crippen LogP contribution in [0.1, 0.15) is 10.4 Å². The van der Waals surface area contributed by atoms with Crippen LogP contribution in [0.5, 0.6) is 0 Å². The molecule has 15 heavy (non-hydrogen) atoms. The maximum Gasteiger partial charge on any atom is 0.251 e. The Morgan fingerprint density at radius 1 is 1.53 bits per heavy atom. The van der Waals surface area contributed by atoms with E-state index < -0.39 is 0 Å². The van der Waals surface area contributed by atoms with Gasteiger partial charge < -0.3 is 10.7 Å². The zero-order chi connectivity index (χ0) is 11.1. The Morgan fingerprint density at radius 2 is 2.33 bits per heavy atom. The first-order chi connectivity index (χ1) is 7.27. The number of hydrogen-bond acceptors (Lipinski definition) is 4. The van der Waals surface area contributed by atoms with Gasteiger partial charge in [-0.25, -0.2) is 0 Å². The Kier molecular flexibility index (Phi) is 5.00. The molecule has 0 unspecified atom stereocenters. The topological polar surface area (TPSA) is 67.2 Å². The second kappa shape index (κ2) is 6.31. The highest BCUT2D eigenvalue weighted by Crippen LogP contribution is 2.08. The van der Waals surface area contributed by atoms with Crippen molar-refractivity contribution in [2.75, 3.05) is 24.0 Å². The van der Waals surface area contributed by atoms with Crippen LogP contribution >= 0.6 is 11.8 Å². The molecule has 4 nitrogen and oxygen atoms in total. The van der Waals surface area contributed by atoms with Gasteiger partial charge in [0.05, 0.1) is 0 Å². The molecule has 0 bridgehead atoms. The molecule has 0 saturated heterocycles. The van der Waals surface area contributed by atoms with Crippen LogP contribution in [-0.2, 0) is 0 Å². The van der Waals surface area contributed by atoms with E-state index in [0.29, 0.717) is 12.1 Å². The van der Waals surface area contributed by atoms with Gasteiger partial charge in [0.1, 0.15) is 0 Å². The summed E-state index contributed by atoms with van der Waals surface area (Å²) < 4.78 is 0. The van der Waals surface area contributed by atoms with Crippen molar-refractivity contribution in [3.05, 3.63) is 29.8 Å². The number of rotatable bonds is 5. The Morgan fingerprint density at radius 3 is 3.00 bits per heavy atom. The number of thioether (sulfide) groups is 1. The van der Waals surface area contributed by atoms with E-state index in [4.69, 9.17) is 5.84 Å². The van der Waals surface area contributed by atoms with E-state index in [1.807, 2.05) is 6.26 Å². The number of carbonyl (C=O) groups is 1. The first kappa shape index (κ1) is 11.9. The van der Waals surface area contributed by atoms with Crippen LogP contribution in [0.4, 0.5) is 5.69 Å². The van der Waals surface area contributed by atoms with Crippen molar-refractivity contribution in [2.45, 2.75) is 0 Å². The van der Waals surface area contributed by atoms with E-state index in [-0.39, 0.29) is 5.91 Å². The molecule has 0 aliphatic heterocycles. The predicted octanol–water partition coefficient (Wildman–Crippen LogP) is 1.07.